The molecule has 7 heteroatoms. The summed E-state index contributed by atoms with van der Waals surface area (Å²) < 4.78 is 7.17. The van der Waals surface area contributed by atoms with Gasteiger partial charge < -0.3 is 10.1 Å². The van der Waals surface area contributed by atoms with Crippen LogP contribution >= 0.6 is 11.8 Å². The van der Waals surface area contributed by atoms with E-state index in [1.165, 1.54) is 17.3 Å². The minimum absolute atomic E-state index is 0.0170. The Hall–Kier alpha value is -2.80. The molecule has 0 unspecified atom stereocenters. The molecule has 1 heterocycles. The van der Waals surface area contributed by atoms with Gasteiger partial charge in [0.2, 0.25) is 5.91 Å². The smallest absolute Gasteiger partial charge is 0.230 e. The average molecular weight is 411 g/mol. The molecular formula is C22H26N4O2S. The van der Waals surface area contributed by atoms with Crippen molar-refractivity contribution in [3.05, 3.63) is 65.0 Å². The fourth-order valence-corrected chi connectivity index (χ4v) is 3.81. The Morgan fingerprint density at radius 2 is 1.86 bits per heavy atom. The van der Waals surface area contributed by atoms with Crippen LogP contribution in [0.5, 0.6) is 5.75 Å². The quantitative estimate of drug-likeness (QED) is 0.574. The van der Waals surface area contributed by atoms with Crippen molar-refractivity contribution in [1.29, 1.82) is 0 Å². The van der Waals surface area contributed by atoms with Crippen LogP contribution in [0.15, 0.2) is 47.6 Å². The molecule has 0 fully saturated rings. The molecule has 0 saturated carbocycles. The first-order valence-corrected chi connectivity index (χ1v) is 10.5. The van der Waals surface area contributed by atoms with E-state index in [4.69, 9.17) is 4.74 Å². The zero-order valence-corrected chi connectivity index (χ0v) is 18.0. The molecule has 0 spiro atoms. The lowest BCUT2D eigenvalue weighted by Gasteiger charge is -2.12. The van der Waals surface area contributed by atoms with Crippen LogP contribution in [0, 0.1) is 20.8 Å². The average Bonchev–Trinajstić information content (AvgIpc) is 3.09. The van der Waals surface area contributed by atoms with E-state index >= 15 is 0 Å². The van der Waals surface area contributed by atoms with Crippen molar-refractivity contribution in [2.45, 2.75) is 32.3 Å². The molecule has 0 aliphatic rings. The highest BCUT2D eigenvalue weighted by molar-refractivity contribution is 7.99. The number of hydrogen-bond acceptors (Lipinski definition) is 5. The second-order valence-corrected chi connectivity index (χ2v) is 7.83. The molecule has 2 aromatic carbocycles. The summed E-state index contributed by atoms with van der Waals surface area (Å²) in [7, 11) is 1.65. The van der Waals surface area contributed by atoms with E-state index in [0.29, 0.717) is 12.3 Å². The Morgan fingerprint density at radius 3 is 2.59 bits per heavy atom. The number of methoxy groups -OCH3 is 1. The van der Waals surface area contributed by atoms with Gasteiger partial charge >= 0.3 is 0 Å². The van der Waals surface area contributed by atoms with Gasteiger partial charge in [-0.05, 0) is 62.1 Å². The number of aromatic nitrogens is 3. The number of carbonyl (C=O) groups excluding carboxylic acids is 1. The number of rotatable bonds is 8. The van der Waals surface area contributed by atoms with Crippen molar-refractivity contribution >= 4 is 17.7 Å². The first-order valence-electron chi connectivity index (χ1n) is 9.50. The topological polar surface area (TPSA) is 69.0 Å². The maximum absolute atomic E-state index is 12.3. The lowest BCUT2D eigenvalue weighted by atomic mass is 10.1. The molecule has 0 atom stereocenters. The van der Waals surface area contributed by atoms with Crippen LogP contribution in [0.25, 0.3) is 5.69 Å². The fourth-order valence-electron chi connectivity index (χ4n) is 2.99. The Labute approximate surface area is 175 Å². The first kappa shape index (κ1) is 20.9. The van der Waals surface area contributed by atoms with E-state index in [1.807, 2.05) is 35.8 Å². The van der Waals surface area contributed by atoms with E-state index in [-0.39, 0.29) is 5.91 Å². The van der Waals surface area contributed by atoms with Gasteiger partial charge in [0.15, 0.2) is 5.16 Å². The zero-order chi connectivity index (χ0) is 20.8. The lowest BCUT2D eigenvalue weighted by Crippen LogP contribution is -2.27. The van der Waals surface area contributed by atoms with Crippen molar-refractivity contribution < 1.29 is 9.53 Å². The maximum Gasteiger partial charge on any atom is 0.230 e. The molecule has 29 heavy (non-hydrogen) atoms. The molecule has 1 N–H and O–H groups in total. The van der Waals surface area contributed by atoms with E-state index in [0.717, 1.165) is 40.0 Å². The zero-order valence-electron chi connectivity index (χ0n) is 17.2. The van der Waals surface area contributed by atoms with E-state index in [9.17, 15) is 4.79 Å². The van der Waals surface area contributed by atoms with Gasteiger partial charge in [0.05, 0.1) is 18.6 Å². The number of carbonyl (C=O) groups is 1. The third-order valence-electron chi connectivity index (χ3n) is 4.63. The third-order valence-corrected chi connectivity index (χ3v) is 5.56. The number of ether oxygens (including phenoxy) is 1. The van der Waals surface area contributed by atoms with Crippen LogP contribution in [0.3, 0.4) is 0 Å². The fraction of sp³-hybridized carbons (Fsp3) is 0.318. The third kappa shape index (κ3) is 5.38. The van der Waals surface area contributed by atoms with Crippen LogP contribution in [0.4, 0.5) is 0 Å². The van der Waals surface area contributed by atoms with Gasteiger partial charge in [0, 0.05) is 6.54 Å². The van der Waals surface area contributed by atoms with Crippen molar-refractivity contribution in [2.75, 3.05) is 19.4 Å². The van der Waals surface area contributed by atoms with Crippen LogP contribution in [-0.4, -0.2) is 40.1 Å². The number of thioether (sulfide) groups is 1. The highest BCUT2D eigenvalue weighted by atomic mass is 32.2. The molecule has 0 radical (unpaired) electrons. The molecule has 6 nitrogen and oxygen atoms in total. The van der Waals surface area contributed by atoms with Crippen molar-refractivity contribution in [3.8, 4) is 11.4 Å². The molecule has 3 rings (SSSR count). The van der Waals surface area contributed by atoms with Crippen molar-refractivity contribution in [3.63, 3.8) is 0 Å². The minimum Gasteiger partial charge on any atom is -0.497 e. The Balaban J connectivity index is 1.56. The van der Waals surface area contributed by atoms with Gasteiger partial charge in [-0.1, -0.05) is 36.0 Å². The number of nitrogens with zero attached hydrogens (tertiary/aromatic N) is 3. The van der Waals surface area contributed by atoms with Gasteiger partial charge in [-0.2, -0.15) is 0 Å². The van der Waals surface area contributed by atoms with Crippen LogP contribution < -0.4 is 10.1 Å². The monoisotopic (exact) mass is 410 g/mol. The van der Waals surface area contributed by atoms with Crippen LogP contribution in [0.2, 0.25) is 0 Å². The molecule has 0 bridgehead atoms. The molecule has 1 amide bonds. The highest BCUT2D eigenvalue weighted by Crippen LogP contribution is 2.24. The van der Waals surface area contributed by atoms with E-state index in [2.05, 4.69) is 47.6 Å². The summed E-state index contributed by atoms with van der Waals surface area (Å²) in [6.07, 6.45) is 0.776. The van der Waals surface area contributed by atoms with E-state index in [1.54, 1.807) is 7.11 Å². The molecule has 1 aromatic heterocycles. The molecular weight excluding hydrogens is 384 g/mol. The maximum atomic E-state index is 12.3. The van der Waals surface area contributed by atoms with Gasteiger partial charge in [-0.15, -0.1) is 10.2 Å². The Kier molecular flexibility index (Phi) is 6.93. The lowest BCUT2D eigenvalue weighted by molar-refractivity contribution is -0.118. The number of aryl methyl sites for hydroxylation is 3. The van der Waals surface area contributed by atoms with Gasteiger partial charge in [-0.25, -0.2) is 0 Å². The molecule has 0 aliphatic heterocycles. The number of hydrogen-bond donors (Lipinski definition) is 1. The summed E-state index contributed by atoms with van der Waals surface area (Å²) in [4.78, 5) is 12.3. The Bertz CT molecular complexity index is 983. The summed E-state index contributed by atoms with van der Waals surface area (Å²) >= 11 is 1.40. The molecule has 152 valence electrons. The SMILES string of the molecule is COc1ccc(CCNC(=O)CSc2nnc(C)n2-c2cc(C)ccc2C)cc1. The molecule has 0 saturated heterocycles. The predicted molar refractivity (Wildman–Crippen MR) is 116 cm³/mol. The molecule has 3 aromatic rings. The normalized spacial score (nSPS) is 10.8. The summed E-state index contributed by atoms with van der Waals surface area (Å²) in [5, 5.41) is 12.2. The summed E-state index contributed by atoms with van der Waals surface area (Å²) in [5.41, 5.74) is 4.52. The summed E-state index contributed by atoms with van der Waals surface area (Å²) in [6, 6.07) is 14.2. The first-order chi connectivity index (χ1) is 14.0. The standard InChI is InChI=1S/C22H26N4O2S/c1-15-5-6-16(2)20(13-15)26-17(3)24-25-22(26)29-14-21(27)23-12-11-18-7-9-19(28-4)10-8-18/h5-10,13H,11-12,14H2,1-4H3,(H,23,27). The van der Waals surface area contributed by atoms with Crippen molar-refractivity contribution in [1.82, 2.24) is 20.1 Å². The van der Waals surface area contributed by atoms with Gasteiger partial charge in [0.1, 0.15) is 11.6 Å². The van der Waals surface area contributed by atoms with Crippen molar-refractivity contribution in [2.24, 2.45) is 0 Å². The number of amides is 1. The highest BCUT2D eigenvalue weighted by Gasteiger charge is 2.15. The van der Waals surface area contributed by atoms with Crippen LogP contribution in [0.1, 0.15) is 22.5 Å². The second-order valence-electron chi connectivity index (χ2n) is 6.89. The number of nitrogens with one attached hydrogen (secondary N) is 1. The van der Waals surface area contributed by atoms with Gasteiger partial charge in [-0.3, -0.25) is 9.36 Å². The Morgan fingerprint density at radius 1 is 1.10 bits per heavy atom. The predicted octanol–water partition coefficient (Wildman–Crippen LogP) is 3.65. The second kappa shape index (κ2) is 9.60. The van der Waals surface area contributed by atoms with E-state index < -0.39 is 0 Å². The molecule has 0 aliphatic carbocycles. The largest absolute Gasteiger partial charge is 0.497 e. The summed E-state index contributed by atoms with van der Waals surface area (Å²) in [6.45, 7) is 6.64. The minimum atomic E-state index is -0.0170. The number of benzene rings is 2. The van der Waals surface area contributed by atoms with Gasteiger partial charge in [0.25, 0.3) is 0 Å². The van der Waals surface area contributed by atoms with Crippen LogP contribution in [-0.2, 0) is 11.2 Å². The summed E-state index contributed by atoms with van der Waals surface area (Å²) in [5.74, 6) is 1.92.